The molecule has 0 bridgehead atoms. The van der Waals surface area contributed by atoms with Gasteiger partial charge < -0.3 is 4.90 Å². The number of nitrogens with one attached hydrogen (secondary N) is 1. The lowest BCUT2D eigenvalue weighted by atomic mass is 9.90. The van der Waals surface area contributed by atoms with Crippen LogP contribution in [0.4, 0.5) is 5.82 Å². The number of piperidine rings is 1. The fourth-order valence-corrected chi connectivity index (χ4v) is 3.32. The third kappa shape index (κ3) is 2.20. The van der Waals surface area contributed by atoms with E-state index in [1.54, 1.807) is 18.7 Å². The lowest BCUT2D eigenvalue weighted by molar-refractivity contribution is 0.502. The van der Waals surface area contributed by atoms with Crippen molar-refractivity contribution in [3.05, 3.63) is 42.2 Å². The molecular formula is C16H18N6. The van der Waals surface area contributed by atoms with Crippen molar-refractivity contribution in [2.45, 2.75) is 25.7 Å². The molecule has 0 radical (unpaired) electrons. The summed E-state index contributed by atoms with van der Waals surface area (Å²) in [6.45, 7) is 4.10. The average molecular weight is 294 g/mol. The van der Waals surface area contributed by atoms with Crippen molar-refractivity contribution in [1.82, 2.24) is 25.1 Å². The molecule has 112 valence electrons. The molecule has 1 fully saturated rings. The summed E-state index contributed by atoms with van der Waals surface area (Å²) in [7, 11) is 0. The van der Waals surface area contributed by atoms with Crippen molar-refractivity contribution in [2.75, 3.05) is 18.0 Å². The Kier molecular flexibility index (Phi) is 3.21. The van der Waals surface area contributed by atoms with Crippen LogP contribution in [0, 0.1) is 6.92 Å². The van der Waals surface area contributed by atoms with E-state index in [4.69, 9.17) is 0 Å². The smallest absolute Gasteiger partial charge is 0.139 e. The zero-order chi connectivity index (χ0) is 14.9. The first kappa shape index (κ1) is 13.2. The Bertz CT molecular complexity index is 783. The van der Waals surface area contributed by atoms with Crippen LogP contribution in [-0.4, -0.2) is 38.2 Å². The predicted molar refractivity (Wildman–Crippen MR) is 84.8 cm³/mol. The van der Waals surface area contributed by atoms with Crippen molar-refractivity contribution in [1.29, 1.82) is 0 Å². The number of hydrogen-bond acceptors (Lipinski definition) is 5. The molecule has 0 amide bonds. The molecule has 1 aliphatic heterocycles. The van der Waals surface area contributed by atoms with Gasteiger partial charge in [0.15, 0.2) is 0 Å². The van der Waals surface area contributed by atoms with Crippen LogP contribution in [0.5, 0.6) is 0 Å². The zero-order valence-corrected chi connectivity index (χ0v) is 12.5. The summed E-state index contributed by atoms with van der Waals surface area (Å²) in [5, 5.41) is 8.27. The molecule has 0 unspecified atom stereocenters. The maximum absolute atomic E-state index is 4.50. The summed E-state index contributed by atoms with van der Waals surface area (Å²) < 4.78 is 0. The molecule has 0 aliphatic carbocycles. The maximum atomic E-state index is 4.50. The number of H-pyrrole nitrogens is 1. The Morgan fingerprint density at radius 1 is 1.18 bits per heavy atom. The summed E-state index contributed by atoms with van der Waals surface area (Å²) in [6, 6.07) is 2.00. The number of hydrogen-bond donors (Lipinski definition) is 1. The second-order valence-electron chi connectivity index (χ2n) is 5.80. The van der Waals surface area contributed by atoms with Gasteiger partial charge in [0.25, 0.3) is 0 Å². The van der Waals surface area contributed by atoms with Crippen LogP contribution in [0.25, 0.3) is 10.9 Å². The van der Waals surface area contributed by atoms with Crippen LogP contribution in [0.3, 0.4) is 0 Å². The first-order chi connectivity index (χ1) is 10.8. The summed E-state index contributed by atoms with van der Waals surface area (Å²) in [4.78, 5) is 15.3. The second kappa shape index (κ2) is 5.36. The normalized spacial score (nSPS) is 16.3. The van der Waals surface area contributed by atoms with Crippen molar-refractivity contribution < 1.29 is 0 Å². The van der Waals surface area contributed by atoms with Crippen LogP contribution >= 0.6 is 0 Å². The summed E-state index contributed by atoms with van der Waals surface area (Å²) in [5.41, 5.74) is 3.45. The number of aromatic amines is 1. The molecule has 6 heteroatoms. The number of aryl methyl sites for hydroxylation is 1. The van der Waals surface area contributed by atoms with Gasteiger partial charge in [0.2, 0.25) is 0 Å². The molecule has 0 aromatic carbocycles. The molecule has 0 saturated carbocycles. The van der Waals surface area contributed by atoms with Crippen LogP contribution < -0.4 is 4.90 Å². The zero-order valence-electron chi connectivity index (χ0n) is 12.5. The predicted octanol–water partition coefficient (Wildman–Crippen LogP) is 2.44. The standard InChI is InChI=1S/C16H18N6/c1-11-14(8-20-21-11)12-3-6-22(7-4-12)16-13-2-5-17-9-15(13)18-10-19-16/h2,5,8-10,12H,3-4,6-7H2,1H3,(H,20,21). The van der Waals surface area contributed by atoms with Gasteiger partial charge in [-0.25, -0.2) is 9.97 Å². The van der Waals surface area contributed by atoms with Crippen molar-refractivity contribution in [2.24, 2.45) is 0 Å². The van der Waals surface area contributed by atoms with Gasteiger partial charge >= 0.3 is 0 Å². The van der Waals surface area contributed by atoms with Gasteiger partial charge in [-0.1, -0.05) is 0 Å². The first-order valence-corrected chi connectivity index (χ1v) is 7.62. The van der Waals surface area contributed by atoms with Crippen LogP contribution in [0.1, 0.15) is 30.0 Å². The highest BCUT2D eigenvalue weighted by atomic mass is 15.2. The van der Waals surface area contributed by atoms with Gasteiger partial charge in [-0.15, -0.1) is 0 Å². The quantitative estimate of drug-likeness (QED) is 0.786. The molecule has 1 aliphatic rings. The molecule has 3 aromatic heterocycles. The van der Waals surface area contributed by atoms with Crippen LogP contribution in [-0.2, 0) is 0 Å². The van der Waals surface area contributed by atoms with Crippen LogP contribution in [0.2, 0.25) is 0 Å². The molecular weight excluding hydrogens is 276 g/mol. The SMILES string of the molecule is Cc1[nH]ncc1C1CCN(c2ncnc3cnccc23)CC1. The number of anilines is 1. The van der Waals surface area contributed by atoms with Crippen LogP contribution in [0.15, 0.2) is 31.0 Å². The first-order valence-electron chi connectivity index (χ1n) is 7.62. The van der Waals surface area contributed by atoms with E-state index in [2.05, 4.69) is 37.0 Å². The maximum Gasteiger partial charge on any atom is 0.139 e. The topological polar surface area (TPSA) is 70.6 Å². The molecule has 22 heavy (non-hydrogen) atoms. The Balaban J connectivity index is 1.57. The Morgan fingerprint density at radius 3 is 2.82 bits per heavy atom. The van der Waals surface area contributed by atoms with Gasteiger partial charge in [-0.2, -0.15) is 5.10 Å². The average Bonchev–Trinajstić information content (AvgIpc) is 3.01. The Hall–Kier alpha value is -2.50. The second-order valence-corrected chi connectivity index (χ2v) is 5.80. The van der Waals surface area contributed by atoms with E-state index in [-0.39, 0.29) is 0 Å². The summed E-state index contributed by atoms with van der Waals surface area (Å²) >= 11 is 0. The highest BCUT2D eigenvalue weighted by Crippen LogP contribution is 2.32. The number of fused-ring (bicyclic) bond motifs is 1. The Morgan fingerprint density at radius 2 is 2.05 bits per heavy atom. The molecule has 4 heterocycles. The lowest BCUT2D eigenvalue weighted by Gasteiger charge is -2.33. The van der Waals surface area contributed by atoms with Gasteiger partial charge in [0.1, 0.15) is 12.1 Å². The monoisotopic (exact) mass is 294 g/mol. The minimum absolute atomic E-state index is 0.588. The molecule has 6 nitrogen and oxygen atoms in total. The van der Waals surface area contributed by atoms with E-state index in [0.717, 1.165) is 42.7 Å². The summed E-state index contributed by atoms with van der Waals surface area (Å²) in [5.74, 6) is 1.61. The number of pyridine rings is 1. The lowest BCUT2D eigenvalue weighted by Crippen LogP contribution is -2.33. The van der Waals surface area contributed by atoms with Crippen molar-refractivity contribution in [3.63, 3.8) is 0 Å². The summed E-state index contributed by atoms with van der Waals surface area (Å²) in [6.07, 6.45) is 9.44. The number of nitrogens with zero attached hydrogens (tertiary/aromatic N) is 5. The van der Waals surface area contributed by atoms with E-state index in [1.807, 2.05) is 12.3 Å². The van der Waals surface area contributed by atoms with Gasteiger partial charge in [-0.05, 0) is 37.3 Å². The van der Waals surface area contributed by atoms with E-state index in [1.165, 1.54) is 11.3 Å². The van der Waals surface area contributed by atoms with E-state index in [9.17, 15) is 0 Å². The van der Waals surface area contributed by atoms with Gasteiger partial charge in [0.05, 0.1) is 17.9 Å². The van der Waals surface area contributed by atoms with Crippen molar-refractivity contribution >= 4 is 16.7 Å². The van der Waals surface area contributed by atoms with Crippen molar-refractivity contribution in [3.8, 4) is 0 Å². The van der Waals surface area contributed by atoms with E-state index < -0.39 is 0 Å². The highest BCUT2D eigenvalue weighted by Gasteiger charge is 2.24. The molecule has 4 rings (SSSR count). The molecule has 3 aromatic rings. The minimum Gasteiger partial charge on any atom is -0.356 e. The highest BCUT2D eigenvalue weighted by molar-refractivity contribution is 5.88. The van der Waals surface area contributed by atoms with E-state index >= 15 is 0 Å². The third-order valence-corrected chi connectivity index (χ3v) is 4.52. The minimum atomic E-state index is 0.588. The van der Waals surface area contributed by atoms with E-state index in [0.29, 0.717) is 5.92 Å². The third-order valence-electron chi connectivity index (χ3n) is 4.52. The van der Waals surface area contributed by atoms with Gasteiger partial charge in [-0.3, -0.25) is 10.1 Å². The fourth-order valence-electron chi connectivity index (χ4n) is 3.32. The number of rotatable bonds is 2. The number of aromatic nitrogens is 5. The molecule has 1 saturated heterocycles. The fraction of sp³-hybridized carbons (Fsp3) is 0.375. The molecule has 1 N–H and O–H groups in total. The van der Waals surface area contributed by atoms with Gasteiger partial charge in [0, 0.05) is 30.4 Å². The largest absolute Gasteiger partial charge is 0.356 e. The Labute approximate surface area is 128 Å². The molecule has 0 atom stereocenters. The molecule has 0 spiro atoms.